The van der Waals surface area contributed by atoms with E-state index < -0.39 is 32.6 Å². The number of rotatable bonds is 7. The molecule has 1 aromatic carbocycles. The minimum absolute atomic E-state index is 0.0234. The predicted octanol–water partition coefficient (Wildman–Crippen LogP) is 4.41. The topological polar surface area (TPSA) is 140 Å². The van der Waals surface area contributed by atoms with E-state index >= 15 is 0 Å². The molecule has 42 heavy (non-hydrogen) atoms. The molecule has 1 saturated heterocycles. The number of sulfone groups is 1. The summed E-state index contributed by atoms with van der Waals surface area (Å²) in [6.07, 6.45) is 3.75. The van der Waals surface area contributed by atoms with E-state index in [2.05, 4.69) is 20.4 Å². The van der Waals surface area contributed by atoms with Crippen LogP contribution in [0.1, 0.15) is 39.3 Å². The second kappa shape index (κ2) is 11.6. The van der Waals surface area contributed by atoms with Crippen LogP contribution in [-0.2, 0) is 21.0 Å². The third kappa shape index (κ3) is 6.52. The lowest BCUT2D eigenvalue weighted by molar-refractivity contribution is 0.0217. The van der Waals surface area contributed by atoms with Crippen molar-refractivity contribution in [3.63, 3.8) is 0 Å². The van der Waals surface area contributed by atoms with Gasteiger partial charge in [-0.2, -0.15) is 5.10 Å². The first kappa shape index (κ1) is 29.4. The summed E-state index contributed by atoms with van der Waals surface area (Å²) in [4.78, 5) is 22.6. The number of fused-ring (bicyclic) bond motifs is 1. The Morgan fingerprint density at radius 2 is 1.90 bits per heavy atom. The number of carbonyl (C=O) groups excluding carboxylic acids is 1. The molecule has 1 aliphatic heterocycles. The molecule has 4 heterocycles. The molecule has 5 rings (SSSR count). The Labute approximate surface area is 243 Å². The number of pyridine rings is 2. The standard InChI is InChI=1S/C29H33FN6O5S/c1-29(2,3)41-28(38)35-12-9-22(10-13-35)42(39,40)27-7-4-19-18-31-26(17-25(19)33-27)32-24-6-5-21(16-23(24)30)36-14-8-20(34-36)11-15-37/h4-8,14,16-18,22,37H,9-13,15H2,1-3H3,(H,31,32). The third-order valence-electron chi connectivity index (χ3n) is 6.86. The van der Waals surface area contributed by atoms with Gasteiger partial charge in [0.15, 0.2) is 14.9 Å². The summed E-state index contributed by atoms with van der Waals surface area (Å²) in [6.45, 7) is 5.89. The van der Waals surface area contributed by atoms with Crippen molar-refractivity contribution < 1.29 is 27.4 Å². The van der Waals surface area contributed by atoms with Gasteiger partial charge in [-0.1, -0.05) is 0 Å². The van der Waals surface area contributed by atoms with Gasteiger partial charge >= 0.3 is 6.09 Å². The number of aromatic nitrogens is 4. The number of aliphatic hydroxyl groups is 1. The average molecular weight is 597 g/mol. The molecule has 2 N–H and O–H groups in total. The van der Waals surface area contributed by atoms with E-state index in [9.17, 15) is 17.6 Å². The number of nitrogens with zero attached hydrogens (tertiary/aromatic N) is 5. The van der Waals surface area contributed by atoms with Crippen molar-refractivity contribution in [1.82, 2.24) is 24.6 Å². The van der Waals surface area contributed by atoms with Gasteiger partial charge in [-0.15, -0.1) is 0 Å². The molecule has 1 fully saturated rings. The van der Waals surface area contributed by atoms with Gasteiger partial charge in [-0.25, -0.2) is 32.3 Å². The lowest BCUT2D eigenvalue weighted by Gasteiger charge is -2.33. The molecule has 13 heteroatoms. The first-order valence-corrected chi connectivity index (χ1v) is 15.2. The fourth-order valence-corrected chi connectivity index (χ4v) is 6.37. The molecule has 1 aliphatic rings. The van der Waals surface area contributed by atoms with Crippen molar-refractivity contribution in [1.29, 1.82) is 0 Å². The highest BCUT2D eigenvalue weighted by Crippen LogP contribution is 2.28. The average Bonchev–Trinajstić information content (AvgIpc) is 3.42. The lowest BCUT2D eigenvalue weighted by Crippen LogP contribution is -2.44. The molecular weight excluding hydrogens is 563 g/mol. The number of halogens is 1. The first-order valence-electron chi connectivity index (χ1n) is 13.6. The Hall–Kier alpha value is -4.10. The number of hydrogen-bond acceptors (Lipinski definition) is 9. The molecule has 0 unspecified atom stereocenters. The van der Waals surface area contributed by atoms with Gasteiger partial charge in [0.2, 0.25) is 0 Å². The van der Waals surface area contributed by atoms with E-state index in [4.69, 9.17) is 9.84 Å². The maximum absolute atomic E-state index is 15.0. The number of aliphatic hydroxyl groups excluding tert-OH is 1. The maximum atomic E-state index is 15.0. The summed E-state index contributed by atoms with van der Waals surface area (Å²) in [6, 6.07) is 11.0. The van der Waals surface area contributed by atoms with Gasteiger partial charge in [0.25, 0.3) is 0 Å². The van der Waals surface area contributed by atoms with Crippen LogP contribution >= 0.6 is 0 Å². The Kier molecular flexibility index (Phi) is 8.15. The van der Waals surface area contributed by atoms with Crippen LogP contribution in [0.2, 0.25) is 0 Å². The van der Waals surface area contributed by atoms with Gasteiger partial charge in [-0.3, -0.25) is 0 Å². The minimum atomic E-state index is -3.76. The zero-order valence-electron chi connectivity index (χ0n) is 23.6. The predicted molar refractivity (Wildman–Crippen MR) is 155 cm³/mol. The fraction of sp³-hybridized carbons (Fsp3) is 0.379. The number of anilines is 2. The number of nitrogens with one attached hydrogen (secondary N) is 1. The molecule has 4 aromatic rings. The van der Waals surface area contributed by atoms with Crippen LogP contribution in [0.3, 0.4) is 0 Å². The second-order valence-electron chi connectivity index (χ2n) is 11.1. The van der Waals surface area contributed by atoms with E-state index in [0.29, 0.717) is 34.5 Å². The molecule has 0 atom stereocenters. The Morgan fingerprint density at radius 1 is 1.14 bits per heavy atom. The molecule has 0 saturated carbocycles. The van der Waals surface area contributed by atoms with Gasteiger partial charge in [-0.05, 0) is 63.9 Å². The van der Waals surface area contributed by atoms with Crippen LogP contribution in [0, 0.1) is 5.82 Å². The van der Waals surface area contributed by atoms with Gasteiger partial charge < -0.3 is 20.1 Å². The van der Waals surface area contributed by atoms with E-state index in [1.165, 1.54) is 21.7 Å². The highest BCUT2D eigenvalue weighted by atomic mass is 32.2. The molecule has 222 valence electrons. The number of carbonyl (C=O) groups is 1. The monoisotopic (exact) mass is 596 g/mol. The maximum Gasteiger partial charge on any atom is 0.410 e. The molecule has 0 aliphatic carbocycles. The molecule has 0 spiro atoms. The summed E-state index contributed by atoms with van der Waals surface area (Å²) in [5.41, 5.74) is 1.15. The molecule has 11 nitrogen and oxygen atoms in total. The largest absolute Gasteiger partial charge is 0.444 e. The van der Waals surface area contributed by atoms with Crippen molar-refractivity contribution in [2.75, 3.05) is 25.0 Å². The van der Waals surface area contributed by atoms with Crippen LogP contribution in [0.25, 0.3) is 16.6 Å². The highest BCUT2D eigenvalue weighted by Gasteiger charge is 2.35. The zero-order chi connectivity index (χ0) is 30.1. The SMILES string of the molecule is CC(C)(C)OC(=O)N1CCC(S(=O)(=O)c2ccc3cnc(Nc4ccc(-n5ccc(CCO)n5)cc4F)cc3n2)CC1. The number of likely N-dealkylation sites (tertiary alicyclic amines) is 1. The van der Waals surface area contributed by atoms with Crippen molar-refractivity contribution >= 4 is 38.3 Å². The summed E-state index contributed by atoms with van der Waals surface area (Å²) < 4.78 is 48.8. The van der Waals surface area contributed by atoms with Gasteiger partial charge in [0.1, 0.15) is 17.2 Å². The van der Waals surface area contributed by atoms with Gasteiger partial charge in [0.05, 0.1) is 27.8 Å². The molecular formula is C29H33FN6O5S. The van der Waals surface area contributed by atoms with Crippen molar-refractivity contribution in [3.8, 4) is 5.69 Å². The van der Waals surface area contributed by atoms with Gasteiger partial charge in [0, 0.05) is 56.0 Å². The summed E-state index contributed by atoms with van der Waals surface area (Å²) >= 11 is 0. The summed E-state index contributed by atoms with van der Waals surface area (Å²) in [7, 11) is -3.76. The van der Waals surface area contributed by atoms with Crippen LogP contribution in [-0.4, -0.2) is 74.8 Å². The fourth-order valence-electron chi connectivity index (χ4n) is 4.71. The van der Waals surface area contributed by atoms with Crippen LogP contribution in [0.4, 0.5) is 20.7 Å². The second-order valence-corrected chi connectivity index (χ2v) is 13.3. The minimum Gasteiger partial charge on any atom is -0.444 e. The zero-order valence-corrected chi connectivity index (χ0v) is 24.4. The Morgan fingerprint density at radius 3 is 2.60 bits per heavy atom. The van der Waals surface area contributed by atoms with E-state index in [1.54, 1.807) is 63.5 Å². The number of amides is 1. The number of benzene rings is 1. The van der Waals surface area contributed by atoms with E-state index in [-0.39, 0.29) is 43.3 Å². The van der Waals surface area contributed by atoms with Crippen LogP contribution < -0.4 is 5.32 Å². The lowest BCUT2D eigenvalue weighted by atomic mass is 10.1. The normalized spacial score (nSPS) is 14.7. The van der Waals surface area contributed by atoms with Crippen LogP contribution in [0.5, 0.6) is 0 Å². The van der Waals surface area contributed by atoms with Crippen molar-refractivity contribution in [2.24, 2.45) is 0 Å². The van der Waals surface area contributed by atoms with E-state index in [0.717, 1.165) is 0 Å². The summed E-state index contributed by atoms with van der Waals surface area (Å²) in [5, 5.41) is 16.2. The quantitative estimate of drug-likeness (QED) is 0.318. The molecule has 3 aromatic heterocycles. The number of piperidine rings is 1. The van der Waals surface area contributed by atoms with Crippen molar-refractivity contribution in [2.45, 2.75) is 55.9 Å². The molecule has 1 amide bonds. The number of hydrogen-bond donors (Lipinski definition) is 2. The molecule has 0 radical (unpaired) electrons. The third-order valence-corrected chi connectivity index (χ3v) is 9.02. The summed E-state index contributed by atoms with van der Waals surface area (Å²) in [5.74, 6) is -0.234. The number of ether oxygens (including phenoxy) is 1. The highest BCUT2D eigenvalue weighted by molar-refractivity contribution is 7.92. The molecule has 0 bridgehead atoms. The smallest absolute Gasteiger partial charge is 0.410 e. The van der Waals surface area contributed by atoms with Crippen LogP contribution in [0.15, 0.2) is 59.9 Å². The Bertz CT molecular complexity index is 1710. The Balaban J connectivity index is 1.30. The first-order chi connectivity index (χ1) is 19.9. The van der Waals surface area contributed by atoms with Crippen molar-refractivity contribution in [3.05, 3.63) is 66.4 Å². The van der Waals surface area contributed by atoms with E-state index in [1.807, 2.05) is 0 Å².